The summed E-state index contributed by atoms with van der Waals surface area (Å²) in [5.74, 6) is 1.47. The van der Waals surface area contributed by atoms with Gasteiger partial charge in [-0.15, -0.1) is 21.5 Å². The van der Waals surface area contributed by atoms with Crippen molar-refractivity contribution in [2.45, 2.75) is 31.2 Å². The Morgan fingerprint density at radius 3 is 2.67 bits per heavy atom. The zero-order valence-corrected chi connectivity index (χ0v) is 17.1. The van der Waals surface area contributed by atoms with E-state index in [1.165, 1.54) is 11.8 Å². The normalized spacial score (nSPS) is 12.6. The van der Waals surface area contributed by atoms with Crippen molar-refractivity contribution in [3.8, 4) is 11.4 Å². The first-order chi connectivity index (χ1) is 13.0. The maximum Gasteiger partial charge on any atom is 0.259 e. The van der Waals surface area contributed by atoms with Crippen molar-refractivity contribution in [1.82, 2.24) is 24.7 Å². The number of fused-ring (bicyclic) bond motifs is 1. The quantitative estimate of drug-likeness (QED) is 0.521. The van der Waals surface area contributed by atoms with E-state index in [-0.39, 0.29) is 10.8 Å². The fraction of sp³-hybridized carbons (Fsp3) is 0.263. The lowest BCUT2D eigenvalue weighted by molar-refractivity contribution is 0.786. The van der Waals surface area contributed by atoms with E-state index in [1.807, 2.05) is 62.7 Å². The molecular weight excluding hydrogens is 378 g/mol. The molecule has 0 saturated heterocycles. The van der Waals surface area contributed by atoms with Crippen LogP contribution in [0, 0.1) is 13.8 Å². The molecule has 0 aliphatic carbocycles. The first-order valence-corrected chi connectivity index (χ1v) is 10.3. The molecule has 1 aromatic carbocycles. The van der Waals surface area contributed by atoms with E-state index in [4.69, 9.17) is 4.98 Å². The molecule has 4 aromatic rings. The molecule has 0 fully saturated rings. The lowest BCUT2D eigenvalue weighted by Crippen LogP contribution is -2.12. The minimum absolute atomic E-state index is 0.0589. The van der Waals surface area contributed by atoms with Crippen molar-refractivity contribution in [1.29, 1.82) is 0 Å². The summed E-state index contributed by atoms with van der Waals surface area (Å²) in [5, 5.41) is 10.1. The number of thioether (sulfide) groups is 1. The van der Waals surface area contributed by atoms with Crippen LogP contribution in [-0.2, 0) is 7.05 Å². The fourth-order valence-electron chi connectivity index (χ4n) is 2.93. The zero-order valence-electron chi connectivity index (χ0n) is 15.5. The molecule has 8 heteroatoms. The van der Waals surface area contributed by atoms with Crippen LogP contribution in [0.2, 0.25) is 0 Å². The molecule has 3 aromatic heterocycles. The molecule has 0 radical (unpaired) electrons. The van der Waals surface area contributed by atoms with E-state index in [2.05, 4.69) is 15.2 Å². The predicted octanol–water partition coefficient (Wildman–Crippen LogP) is 4.25. The molecule has 27 heavy (non-hydrogen) atoms. The van der Waals surface area contributed by atoms with Crippen LogP contribution in [0.25, 0.3) is 21.6 Å². The molecule has 4 rings (SSSR count). The van der Waals surface area contributed by atoms with Crippen LogP contribution >= 0.6 is 23.1 Å². The Balaban J connectivity index is 1.65. The third kappa shape index (κ3) is 3.19. The standard InChI is InChI=1S/C19H19N5OS2/c1-10-11(2)26-18-14(10)17(25)20-15(21-18)12(3)27-19-23-22-16(24(19)4)13-8-6-5-7-9-13/h5-9,12H,1-4H3,(H,20,21,25). The Bertz CT molecular complexity index is 1180. The maximum absolute atomic E-state index is 12.5. The van der Waals surface area contributed by atoms with Gasteiger partial charge in [0, 0.05) is 17.5 Å². The number of benzene rings is 1. The summed E-state index contributed by atoms with van der Waals surface area (Å²) < 4.78 is 1.96. The number of H-pyrrole nitrogens is 1. The molecule has 1 unspecified atom stereocenters. The second kappa shape index (κ2) is 6.94. The average Bonchev–Trinajstić information content (AvgIpc) is 3.16. The lowest BCUT2D eigenvalue weighted by atomic mass is 10.2. The summed E-state index contributed by atoms with van der Waals surface area (Å²) >= 11 is 3.09. The largest absolute Gasteiger partial charge is 0.309 e. The Kier molecular flexibility index (Phi) is 4.61. The minimum atomic E-state index is -0.0766. The maximum atomic E-state index is 12.5. The van der Waals surface area contributed by atoms with Gasteiger partial charge >= 0.3 is 0 Å². The average molecular weight is 398 g/mol. The van der Waals surface area contributed by atoms with Gasteiger partial charge in [0.15, 0.2) is 11.0 Å². The van der Waals surface area contributed by atoms with Crippen molar-refractivity contribution in [3.05, 3.63) is 57.0 Å². The summed E-state index contributed by atoms with van der Waals surface area (Å²) in [5.41, 5.74) is 1.95. The second-order valence-electron chi connectivity index (χ2n) is 6.41. The number of rotatable bonds is 4. The van der Waals surface area contributed by atoms with Gasteiger partial charge in [-0.1, -0.05) is 42.1 Å². The van der Waals surface area contributed by atoms with Gasteiger partial charge in [0.1, 0.15) is 10.7 Å². The van der Waals surface area contributed by atoms with Crippen LogP contribution in [0.4, 0.5) is 0 Å². The van der Waals surface area contributed by atoms with Gasteiger partial charge in [-0.2, -0.15) is 0 Å². The van der Waals surface area contributed by atoms with Crippen molar-refractivity contribution in [3.63, 3.8) is 0 Å². The molecule has 0 spiro atoms. The highest BCUT2D eigenvalue weighted by molar-refractivity contribution is 7.99. The van der Waals surface area contributed by atoms with E-state index in [0.717, 1.165) is 31.8 Å². The van der Waals surface area contributed by atoms with Crippen LogP contribution in [0.1, 0.15) is 28.4 Å². The van der Waals surface area contributed by atoms with Gasteiger partial charge in [0.05, 0.1) is 10.6 Å². The first-order valence-electron chi connectivity index (χ1n) is 8.57. The highest BCUT2D eigenvalue weighted by Crippen LogP contribution is 2.34. The molecule has 0 bridgehead atoms. The fourth-order valence-corrected chi connectivity index (χ4v) is 4.84. The topological polar surface area (TPSA) is 76.5 Å². The molecule has 138 valence electrons. The molecule has 0 amide bonds. The molecule has 6 nitrogen and oxygen atoms in total. The summed E-state index contributed by atoms with van der Waals surface area (Å²) in [6.07, 6.45) is 0. The number of aromatic amines is 1. The van der Waals surface area contributed by atoms with Crippen LogP contribution in [0.15, 0.2) is 40.3 Å². The number of nitrogens with one attached hydrogen (secondary N) is 1. The van der Waals surface area contributed by atoms with Crippen molar-refractivity contribution < 1.29 is 0 Å². The smallest absolute Gasteiger partial charge is 0.259 e. The van der Waals surface area contributed by atoms with Gasteiger partial charge in [-0.3, -0.25) is 4.79 Å². The van der Waals surface area contributed by atoms with Crippen LogP contribution < -0.4 is 5.56 Å². The van der Waals surface area contributed by atoms with Gasteiger partial charge in [0.25, 0.3) is 5.56 Å². The van der Waals surface area contributed by atoms with E-state index in [1.54, 1.807) is 11.3 Å². The molecule has 3 heterocycles. The van der Waals surface area contributed by atoms with E-state index >= 15 is 0 Å². The number of aryl methyl sites for hydroxylation is 2. The van der Waals surface area contributed by atoms with Crippen molar-refractivity contribution in [2.75, 3.05) is 0 Å². The molecule has 0 saturated carbocycles. The number of hydrogen-bond acceptors (Lipinski definition) is 6. The SMILES string of the molecule is Cc1sc2nc(C(C)Sc3nnc(-c4ccccc4)n3C)[nH]c(=O)c2c1C. The molecule has 0 aliphatic heterocycles. The van der Waals surface area contributed by atoms with Gasteiger partial charge in [0.2, 0.25) is 0 Å². The molecule has 1 atom stereocenters. The number of nitrogens with zero attached hydrogens (tertiary/aromatic N) is 4. The highest BCUT2D eigenvalue weighted by atomic mass is 32.2. The molecule has 1 N–H and O–H groups in total. The Morgan fingerprint density at radius 1 is 1.19 bits per heavy atom. The Labute approximate surface area is 164 Å². The highest BCUT2D eigenvalue weighted by Gasteiger charge is 2.19. The Morgan fingerprint density at radius 2 is 1.93 bits per heavy atom. The third-order valence-electron chi connectivity index (χ3n) is 4.59. The van der Waals surface area contributed by atoms with Crippen molar-refractivity contribution in [2.24, 2.45) is 7.05 Å². The van der Waals surface area contributed by atoms with E-state index in [0.29, 0.717) is 11.2 Å². The minimum Gasteiger partial charge on any atom is -0.309 e. The molecule has 0 aliphatic rings. The second-order valence-corrected chi connectivity index (χ2v) is 8.92. The summed E-state index contributed by atoms with van der Waals surface area (Å²) in [4.78, 5) is 22.1. The number of hydrogen-bond donors (Lipinski definition) is 1. The van der Waals surface area contributed by atoms with Gasteiger partial charge in [-0.05, 0) is 26.3 Å². The van der Waals surface area contributed by atoms with Gasteiger partial charge in [-0.25, -0.2) is 4.98 Å². The van der Waals surface area contributed by atoms with Crippen molar-refractivity contribution >= 4 is 33.3 Å². The lowest BCUT2D eigenvalue weighted by Gasteiger charge is -2.10. The van der Waals surface area contributed by atoms with Crippen LogP contribution in [0.5, 0.6) is 0 Å². The number of aromatic nitrogens is 5. The summed E-state index contributed by atoms with van der Waals surface area (Å²) in [6.45, 7) is 6.00. The summed E-state index contributed by atoms with van der Waals surface area (Å²) in [6, 6.07) is 9.96. The van der Waals surface area contributed by atoms with Gasteiger partial charge < -0.3 is 9.55 Å². The predicted molar refractivity (Wildman–Crippen MR) is 110 cm³/mol. The summed E-state index contributed by atoms with van der Waals surface area (Å²) in [7, 11) is 1.95. The van der Waals surface area contributed by atoms with E-state index in [9.17, 15) is 4.79 Å². The van der Waals surface area contributed by atoms with Crippen LogP contribution in [0.3, 0.4) is 0 Å². The first kappa shape index (κ1) is 17.9. The number of thiophene rings is 1. The zero-order chi connectivity index (χ0) is 19.1. The monoisotopic (exact) mass is 397 g/mol. The third-order valence-corrected chi connectivity index (χ3v) is 6.84. The van der Waals surface area contributed by atoms with Crippen LogP contribution in [-0.4, -0.2) is 24.7 Å². The van der Waals surface area contributed by atoms with E-state index < -0.39 is 0 Å². The molecular formula is C19H19N5OS2. The Hall–Kier alpha value is -2.45.